The molecule has 1 unspecified atom stereocenters. The van der Waals surface area contributed by atoms with Crippen molar-refractivity contribution in [1.29, 1.82) is 0 Å². The Bertz CT molecular complexity index is 536. The van der Waals surface area contributed by atoms with E-state index < -0.39 is 0 Å². The first-order valence-electron chi connectivity index (χ1n) is 6.50. The average Bonchev–Trinajstić information content (AvgIpc) is 2.44. The van der Waals surface area contributed by atoms with Crippen LogP contribution in [0.3, 0.4) is 0 Å². The Morgan fingerprint density at radius 2 is 1.78 bits per heavy atom. The lowest BCUT2D eigenvalue weighted by atomic mass is 9.90. The summed E-state index contributed by atoms with van der Waals surface area (Å²) in [6, 6.07) is 12.5. The van der Waals surface area contributed by atoms with Crippen LogP contribution in [0.5, 0.6) is 5.75 Å². The maximum atomic E-state index is 6.37. The molecule has 2 N–H and O–H groups in total. The van der Waals surface area contributed by atoms with E-state index in [1.165, 1.54) is 10.9 Å². The zero-order valence-electron chi connectivity index (χ0n) is 11.3. The van der Waals surface area contributed by atoms with Gasteiger partial charge >= 0.3 is 0 Å². The molecule has 2 rings (SSSR count). The van der Waals surface area contributed by atoms with Crippen LogP contribution in [0.15, 0.2) is 36.4 Å². The third-order valence-corrected chi connectivity index (χ3v) is 3.75. The van der Waals surface area contributed by atoms with E-state index in [1.807, 2.05) is 12.1 Å². The number of rotatable bonds is 4. The molecule has 0 heterocycles. The molecule has 0 fully saturated rings. The molecular formula is C16H21NO. The first kappa shape index (κ1) is 12.9. The molecule has 0 radical (unpaired) electrons. The Hall–Kier alpha value is -1.54. The summed E-state index contributed by atoms with van der Waals surface area (Å²) in [6.07, 6.45) is 1.08. The van der Waals surface area contributed by atoms with E-state index in [0.717, 1.165) is 17.6 Å². The molecule has 0 bridgehead atoms. The van der Waals surface area contributed by atoms with Crippen molar-refractivity contribution in [2.24, 2.45) is 11.7 Å². The van der Waals surface area contributed by atoms with Crippen LogP contribution in [0.4, 0.5) is 0 Å². The zero-order chi connectivity index (χ0) is 13.1. The summed E-state index contributed by atoms with van der Waals surface area (Å²) in [6.45, 7) is 4.37. The Balaban J connectivity index is 2.59. The highest BCUT2D eigenvalue weighted by atomic mass is 16.5. The normalized spacial score (nSPS) is 14.4. The molecule has 96 valence electrons. The van der Waals surface area contributed by atoms with Crippen LogP contribution in [-0.2, 0) is 0 Å². The van der Waals surface area contributed by atoms with Crippen molar-refractivity contribution in [3.63, 3.8) is 0 Å². The first-order valence-corrected chi connectivity index (χ1v) is 6.50. The number of hydrogen-bond acceptors (Lipinski definition) is 2. The highest BCUT2D eigenvalue weighted by molar-refractivity contribution is 5.91. The van der Waals surface area contributed by atoms with E-state index in [0.29, 0.717) is 5.92 Å². The molecule has 0 aliphatic carbocycles. The molecule has 0 aliphatic rings. The van der Waals surface area contributed by atoms with Crippen molar-refractivity contribution in [3.8, 4) is 5.75 Å². The topological polar surface area (TPSA) is 35.2 Å². The van der Waals surface area contributed by atoms with Gasteiger partial charge in [0.2, 0.25) is 0 Å². The minimum atomic E-state index is 0.0748. The predicted molar refractivity (Wildman–Crippen MR) is 76.9 cm³/mol. The number of methoxy groups -OCH3 is 1. The minimum Gasteiger partial charge on any atom is -0.496 e. The van der Waals surface area contributed by atoms with Crippen LogP contribution in [0, 0.1) is 5.92 Å². The monoisotopic (exact) mass is 243 g/mol. The molecule has 18 heavy (non-hydrogen) atoms. The van der Waals surface area contributed by atoms with Crippen LogP contribution in [0.1, 0.15) is 31.9 Å². The van der Waals surface area contributed by atoms with Gasteiger partial charge in [0.25, 0.3) is 0 Å². The van der Waals surface area contributed by atoms with E-state index in [4.69, 9.17) is 10.5 Å². The fourth-order valence-electron chi connectivity index (χ4n) is 2.32. The van der Waals surface area contributed by atoms with Gasteiger partial charge in [-0.3, -0.25) is 0 Å². The molecule has 2 heteroatoms. The van der Waals surface area contributed by atoms with Gasteiger partial charge in [-0.1, -0.05) is 50.6 Å². The molecule has 2 aromatic rings. The minimum absolute atomic E-state index is 0.0748. The second-order valence-electron chi connectivity index (χ2n) is 4.81. The number of benzene rings is 2. The van der Waals surface area contributed by atoms with Gasteiger partial charge in [0, 0.05) is 11.4 Å². The standard InChI is InChI=1S/C16H21NO/c1-4-11(2)16(17)14-9-10-15(18-3)13-8-6-5-7-12(13)14/h5-11,16H,4,17H2,1-3H3/t11?,16-/m0/s1. The first-order chi connectivity index (χ1) is 8.69. The zero-order valence-corrected chi connectivity index (χ0v) is 11.3. The summed E-state index contributed by atoms with van der Waals surface area (Å²) < 4.78 is 5.41. The van der Waals surface area contributed by atoms with Gasteiger partial charge < -0.3 is 10.5 Å². The van der Waals surface area contributed by atoms with Crippen molar-refractivity contribution in [2.75, 3.05) is 7.11 Å². The third kappa shape index (κ3) is 2.21. The molecule has 0 aliphatic heterocycles. The van der Waals surface area contributed by atoms with Gasteiger partial charge in [0.15, 0.2) is 0 Å². The number of hydrogen-bond donors (Lipinski definition) is 1. The van der Waals surface area contributed by atoms with Crippen molar-refractivity contribution in [1.82, 2.24) is 0 Å². The molecule has 0 amide bonds. The van der Waals surface area contributed by atoms with E-state index in [9.17, 15) is 0 Å². The Morgan fingerprint density at radius 3 is 2.39 bits per heavy atom. The lowest BCUT2D eigenvalue weighted by molar-refractivity contribution is 0.419. The van der Waals surface area contributed by atoms with Crippen LogP contribution in [0.25, 0.3) is 10.8 Å². The Morgan fingerprint density at radius 1 is 1.11 bits per heavy atom. The summed E-state index contributed by atoms with van der Waals surface area (Å²) >= 11 is 0. The second kappa shape index (κ2) is 5.40. The van der Waals surface area contributed by atoms with Crippen LogP contribution in [0.2, 0.25) is 0 Å². The van der Waals surface area contributed by atoms with Gasteiger partial charge in [-0.15, -0.1) is 0 Å². The van der Waals surface area contributed by atoms with Crippen molar-refractivity contribution in [2.45, 2.75) is 26.3 Å². The molecule has 0 spiro atoms. The molecule has 2 atom stereocenters. The van der Waals surface area contributed by atoms with Crippen LogP contribution in [-0.4, -0.2) is 7.11 Å². The number of nitrogens with two attached hydrogens (primary N) is 1. The van der Waals surface area contributed by atoms with E-state index >= 15 is 0 Å². The molecule has 2 aromatic carbocycles. The lowest BCUT2D eigenvalue weighted by Gasteiger charge is -2.21. The SMILES string of the molecule is CCC(C)[C@H](N)c1ccc(OC)c2ccccc12. The largest absolute Gasteiger partial charge is 0.496 e. The summed E-state index contributed by atoms with van der Waals surface area (Å²) in [5.41, 5.74) is 7.57. The highest BCUT2D eigenvalue weighted by Crippen LogP contribution is 2.33. The Kier molecular flexibility index (Phi) is 3.87. The third-order valence-electron chi connectivity index (χ3n) is 3.75. The average molecular weight is 243 g/mol. The lowest BCUT2D eigenvalue weighted by Crippen LogP contribution is -2.18. The van der Waals surface area contributed by atoms with E-state index in [-0.39, 0.29) is 6.04 Å². The molecule has 0 aromatic heterocycles. The van der Waals surface area contributed by atoms with E-state index in [2.05, 4.69) is 38.1 Å². The smallest absolute Gasteiger partial charge is 0.126 e. The second-order valence-corrected chi connectivity index (χ2v) is 4.81. The number of fused-ring (bicyclic) bond motifs is 1. The summed E-state index contributed by atoms with van der Waals surface area (Å²) in [5.74, 6) is 1.38. The van der Waals surface area contributed by atoms with Gasteiger partial charge in [-0.25, -0.2) is 0 Å². The number of ether oxygens (including phenoxy) is 1. The molecular weight excluding hydrogens is 222 g/mol. The van der Waals surface area contributed by atoms with Crippen molar-refractivity contribution in [3.05, 3.63) is 42.0 Å². The van der Waals surface area contributed by atoms with Gasteiger partial charge in [-0.05, 0) is 22.9 Å². The Labute approximate surface area is 109 Å². The molecule has 0 saturated heterocycles. The fourth-order valence-corrected chi connectivity index (χ4v) is 2.32. The van der Waals surface area contributed by atoms with Crippen molar-refractivity contribution < 1.29 is 4.74 Å². The van der Waals surface area contributed by atoms with Gasteiger partial charge in [0.1, 0.15) is 5.75 Å². The maximum Gasteiger partial charge on any atom is 0.126 e. The van der Waals surface area contributed by atoms with E-state index in [1.54, 1.807) is 7.11 Å². The highest BCUT2D eigenvalue weighted by Gasteiger charge is 2.16. The summed E-state index contributed by atoms with van der Waals surface area (Å²) in [4.78, 5) is 0. The predicted octanol–water partition coefficient (Wildman–Crippen LogP) is 3.89. The molecule has 0 saturated carbocycles. The quantitative estimate of drug-likeness (QED) is 0.884. The van der Waals surface area contributed by atoms with Crippen LogP contribution < -0.4 is 10.5 Å². The summed E-state index contributed by atoms with van der Waals surface area (Å²) in [5, 5.41) is 2.33. The van der Waals surface area contributed by atoms with Crippen molar-refractivity contribution >= 4 is 10.8 Å². The molecule has 2 nitrogen and oxygen atoms in total. The van der Waals surface area contributed by atoms with Gasteiger partial charge in [0.05, 0.1) is 7.11 Å². The maximum absolute atomic E-state index is 6.37. The van der Waals surface area contributed by atoms with Crippen LogP contribution >= 0.6 is 0 Å². The summed E-state index contributed by atoms with van der Waals surface area (Å²) in [7, 11) is 1.70. The van der Waals surface area contributed by atoms with Gasteiger partial charge in [-0.2, -0.15) is 0 Å². The fraction of sp³-hybridized carbons (Fsp3) is 0.375.